The summed E-state index contributed by atoms with van der Waals surface area (Å²) in [5, 5.41) is 5.88. The average molecular weight is 445 g/mol. The first kappa shape index (κ1) is 24.4. The second-order valence-electron chi connectivity index (χ2n) is 8.20. The molecule has 1 aromatic heterocycles. The lowest BCUT2D eigenvalue weighted by molar-refractivity contribution is -0.118. The summed E-state index contributed by atoms with van der Waals surface area (Å²) >= 11 is 7.63. The number of rotatable bonds is 11. The fraction of sp³-hybridized carbons (Fsp3) is 0.440. The number of amides is 1. The molecule has 0 aliphatic carbocycles. The molecular formula is C25H33ClN2OS. The first-order valence-electron chi connectivity index (χ1n) is 10.6. The van der Waals surface area contributed by atoms with Crippen LogP contribution in [-0.2, 0) is 11.2 Å². The van der Waals surface area contributed by atoms with Crippen LogP contribution >= 0.6 is 22.9 Å². The van der Waals surface area contributed by atoms with Crippen LogP contribution in [0, 0.1) is 11.8 Å². The lowest BCUT2D eigenvalue weighted by Crippen LogP contribution is -2.27. The van der Waals surface area contributed by atoms with Gasteiger partial charge in [-0.05, 0) is 56.9 Å². The highest BCUT2D eigenvalue weighted by Gasteiger charge is 2.14. The number of benzene rings is 1. The molecule has 0 aliphatic rings. The van der Waals surface area contributed by atoms with Crippen molar-refractivity contribution in [3.63, 3.8) is 0 Å². The highest BCUT2D eigenvalue weighted by atomic mass is 35.5. The second kappa shape index (κ2) is 12.7. The Kier molecular flexibility index (Phi) is 10.3. The number of carbonyl (C=O) groups is 1. The molecule has 30 heavy (non-hydrogen) atoms. The minimum atomic E-state index is -0.0690. The smallest absolute Gasteiger partial charge is 0.247 e. The Morgan fingerprint density at radius 2 is 1.97 bits per heavy atom. The van der Waals surface area contributed by atoms with Gasteiger partial charge in [0, 0.05) is 22.7 Å². The predicted octanol–water partition coefficient (Wildman–Crippen LogP) is 7.07. The molecule has 2 rings (SSSR count). The lowest BCUT2D eigenvalue weighted by Gasteiger charge is -2.17. The van der Waals surface area contributed by atoms with Gasteiger partial charge in [-0.2, -0.15) is 0 Å². The van der Waals surface area contributed by atoms with Crippen molar-refractivity contribution in [2.24, 2.45) is 11.8 Å². The fourth-order valence-electron chi connectivity index (χ4n) is 3.61. The van der Waals surface area contributed by atoms with Crippen LogP contribution in [0.5, 0.6) is 0 Å². The van der Waals surface area contributed by atoms with Gasteiger partial charge in [0.2, 0.25) is 5.91 Å². The molecule has 0 radical (unpaired) electrons. The van der Waals surface area contributed by atoms with Crippen molar-refractivity contribution in [1.82, 2.24) is 10.3 Å². The Morgan fingerprint density at radius 3 is 2.60 bits per heavy atom. The number of allylic oxidation sites excluding steroid dienone is 2. The number of hydrogen-bond acceptors (Lipinski definition) is 3. The molecule has 1 amide bonds. The van der Waals surface area contributed by atoms with Gasteiger partial charge in [0.1, 0.15) is 5.01 Å². The predicted molar refractivity (Wildman–Crippen MR) is 129 cm³/mol. The highest BCUT2D eigenvalue weighted by Crippen LogP contribution is 2.23. The molecule has 5 heteroatoms. The number of aromatic nitrogens is 1. The summed E-state index contributed by atoms with van der Waals surface area (Å²) in [4.78, 5) is 16.7. The van der Waals surface area contributed by atoms with Gasteiger partial charge >= 0.3 is 0 Å². The average Bonchev–Trinajstić information content (AvgIpc) is 3.26. The van der Waals surface area contributed by atoms with Crippen molar-refractivity contribution in [3.8, 4) is 0 Å². The van der Waals surface area contributed by atoms with Gasteiger partial charge in [0.15, 0.2) is 0 Å². The quantitative estimate of drug-likeness (QED) is 0.376. The molecule has 1 heterocycles. The number of nitrogens with zero attached hydrogens (tertiary/aromatic N) is 1. The Bertz CT molecular complexity index is 830. The van der Waals surface area contributed by atoms with Crippen molar-refractivity contribution < 1.29 is 4.79 Å². The first-order valence-corrected chi connectivity index (χ1v) is 11.9. The van der Waals surface area contributed by atoms with Crippen molar-refractivity contribution in [2.75, 3.05) is 0 Å². The Balaban J connectivity index is 1.78. The van der Waals surface area contributed by atoms with Crippen LogP contribution in [0.3, 0.4) is 0 Å². The van der Waals surface area contributed by atoms with Crippen LogP contribution in [0.1, 0.15) is 63.6 Å². The SMILES string of the molecule is CC(=CC(C)CC(C)CCC(=CCl)Cc1ccccc1)C(=O)NC(C)c1nccs1. The molecule has 3 unspecified atom stereocenters. The van der Waals surface area contributed by atoms with Crippen LogP contribution < -0.4 is 5.32 Å². The number of halogens is 1. The number of carbonyl (C=O) groups excluding carboxylic acids is 1. The van der Waals surface area contributed by atoms with Gasteiger partial charge in [0.25, 0.3) is 0 Å². The zero-order chi connectivity index (χ0) is 21.9. The topological polar surface area (TPSA) is 42.0 Å². The van der Waals surface area contributed by atoms with E-state index in [4.69, 9.17) is 11.6 Å². The molecule has 3 nitrogen and oxygen atoms in total. The Morgan fingerprint density at radius 1 is 1.23 bits per heavy atom. The van der Waals surface area contributed by atoms with Gasteiger partial charge in [-0.15, -0.1) is 11.3 Å². The van der Waals surface area contributed by atoms with Crippen LogP contribution in [0.4, 0.5) is 0 Å². The third kappa shape index (κ3) is 8.45. The largest absolute Gasteiger partial charge is 0.343 e. The molecule has 1 N–H and O–H groups in total. The highest BCUT2D eigenvalue weighted by molar-refractivity contribution is 7.09. The van der Waals surface area contributed by atoms with E-state index in [2.05, 4.69) is 54.5 Å². The van der Waals surface area contributed by atoms with Gasteiger partial charge in [-0.3, -0.25) is 4.79 Å². The van der Waals surface area contributed by atoms with Gasteiger partial charge in [-0.25, -0.2) is 4.98 Å². The maximum atomic E-state index is 12.5. The van der Waals surface area contributed by atoms with E-state index in [1.165, 1.54) is 11.1 Å². The third-order valence-corrected chi connectivity index (χ3v) is 6.49. The summed E-state index contributed by atoms with van der Waals surface area (Å²) in [6.45, 7) is 8.31. The molecule has 1 aromatic carbocycles. The van der Waals surface area contributed by atoms with Gasteiger partial charge < -0.3 is 5.32 Å². The molecule has 162 valence electrons. The first-order chi connectivity index (χ1) is 14.4. The summed E-state index contributed by atoms with van der Waals surface area (Å²) in [7, 11) is 0. The minimum absolute atomic E-state index is 0.0209. The van der Waals surface area contributed by atoms with Gasteiger partial charge in [0.05, 0.1) is 6.04 Å². The number of hydrogen-bond donors (Lipinski definition) is 1. The Hall–Kier alpha value is -1.91. The van der Waals surface area contributed by atoms with E-state index in [1.54, 1.807) is 23.1 Å². The standard InChI is InChI=1S/C25H33ClN2OS/c1-18(10-11-23(17-26)16-22-8-6-5-7-9-22)14-19(2)15-20(3)24(29)28-21(4)25-27-12-13-30-25/h5-9,12-13,15,17-19,21H,10-11,14,16H2,1-4H3,(H,28,29). The van der Waals surface area contributed by atoms with Crippen molar-refractivity contribution in [1.29, 1.82) is 0 Å². The van der Waals surface area contributed by atoms with E-state index in [0.29, 0.717) is 11.8 Å². The van der Waals surface area contributed by atoms with E-state index < -0.39 is 0 Å². The summed E-state index contributed by atoms with van der Waals surface area (Å²) in [5.74, 6) is 0.884. The van der Waals surface area contributed by atoms with Gasteiger partial charge in [-0.1, -0.05) is 67.4 Å². The molecule has 0 aliphatic heterocycles. The van der Waals surface area contributed by atoms with Crippen LogP contribution in [0.2, 0.25) is 0 Å². The normalized spacial score (nSPS) is 15.5. The van der Waals surface area contributed by atoms with E-state index in [0.717, 1.165) is 36.3 Å². The summed E-state index contributed by atoms with van der Waals surface area (Å²) < 4.78 is 0. The van der Waals surface area contributed by atoms with Crippen molar-refractivity contribution >= 4 is 28.8 Å². The molecule has 0 bridgehead atoms. The molecule has 0 saturated heterocycles. The van der Waals surface area contributed by atoms with Crippen LogP contribution in [0.25, 0.3) is 0 Å². The monoisotopic (exact) mass is 444 g/mol. The number of thiazole rings is 1. The molecule has 3 atom stereocenters. The molecular weight excluding hydrogens is 412 g/mol. The summed E-state index contributed by atoms with van der Waals surface area (Å²) in [5.41, 5.74) is 5.07. The van der Waals surface area contributed by atoms with E-state index in [1.807, 2.05) is 25.3 Å². The van der Waals surface area contributed by atoms with Crippen LogP contribution in [-0.4, -0.2) is 10.9 Å². The maximum absolute atomic E-state index is 12.5. The van der Waals surface area contributed by atoms with Crippen molar-refractivity contribution in [2.45, 2.75) is 59.4 Å². The van der Waals surface area contributed by atoms with E-state index in [9.17, 15) is 4.79 Å². The zero-order valence-electron chi connectivity index (χ0n) is 18.4. The maximum Gasteiger partial charge on any atom is 0.247 e. The number of nitrogens with one attached hydrogen (secondary N) is 1. The third-order valence-electron chi connectivity index (χ3n) is 5.22. The zero-order valence-corrected chi connectivity index (χ0v) is 20.0. The van der Waals surface area contributed by atoms with Crippen LogP contribution in [0.15, 0.2) is 64.7 Å². The van der Waals surface area contributed by atoms with Crippen molar-refractivity contribution in [3.05, 3.63) is 75.2 Å². The van der Waals surface area contributed by atoms with E-state index >= 15 is 0 Å². The van der Waals surface area contributed by atoms with E-state index in [-0.39, 0.29) is 11.9 Å². The fourth-order valence-corrected chi connectivity index (χ4v) is 4.45. The molecule has 0 fully saturated rings. The molecule has 2 aromatic rings. The lowest BCUT2D eigenvalue weighted by atomic mass is 9.90. The Labute approximate surface area is 190 Å². The summed E-state index contributed by atoms with van der Waals surface area (Å²) in [6.07, 6.45) is 7.90. The summed E-state index contributed by atoms with van der Waals surface area (Å²) in [6, 6.07) is 10.4. The molecule has 0 saturated carbocycles. The molecule has 0 spiro atoms. The minimum Gasteiger partial charge on any atom is -0.343 e. The second-order valence-corrected chi connectivity index (χ2v) is 9.35.